The Labute approximate surface area is 159 Å². The minimum atomic E-state index is -0.173. The van der Waals surface area contributed by atoms with Gasteiger partial charge < -0.3 is 20.4 Å². The highest BCUT2D eigenvalue weighted by Gasteiger charge is 2.21. The summed E-state index contributed by atoms with van der Waals surface area (Å²) < 4.78 is 5.18. The molecule has 0 saturated carbocycles. The maximum Gasteiger partial charge on any atom is 0.287 e. The van der Waals surface area contributed by atoms with Crippen LogP contribution in [-0.4, -0.2) is 38.5 Å². The van der Waals surface area contributed by atoms with Crippen LogP contribution in [0.2, 0.25) is 0 Å². The van der Waals surface area contributed by atoms with Gasteiger partial charge in [0.15, 0.2) is 11.7 Å². The van der Waals surface area contributed by atoms with E-state index in [0.29, 0.717) is 12.3 Å². The van der Waals surface area contributed by atoms with Gasteiger partial charge in [-0.1, -0.05) is 19.9 Å². The average Bonchev–Trinajstić information content (AvgIpc) is 3.29. The summed E-state index contributed by atoms with van der Waals surface area (Å²) in [5, 5.41) is 11.6. The zero-order chi connectivity index (χ0) is 19.0. The molecule has 0 bridgehead atoms. The van der Waals surface area contributed by atoms with Crippen molar-refractivity contribution in [1.82, 2.24) is 16.0 Å². The number of nitrogens with zero attached hydrogens (tertiary/aromatic N) is 1. The zero-order valence-electron chi connectivity index (χ0n) is 15.9. The zero-order valence-corrected chi connectivity index (χ0v) is 16.7. The number of amides is 1. The van der Waals surface area contributed by atoms with Crippen LogP contribution in [0.25, 0.3) is 0 Å². The lowest BCUT2D eigenvalue weighted by molar-refractivity contribution is 0.0925. The summed E-state index contributed by atoms with van der Waals surface area (Å²) in [4.78, 5) is 17.5. The first-order chi connectivity index (χ1) is 12.4. The molecule has 2 aromatic heterocycles. The van der Waals surface area contributed by atoms with Gasteiger partial charge in [0.1, 0.15) is 0 Å². The Bertz CT molecular complexity index is 720. The highest BCUT2D eigenvalue weighted by atomic mass is 32.1. The molecule has 6 nitrogen and oxygen atoms in total. The number of hydrogen-bond acceptors (Lipinski definition) is 4. The maximum atomic E-state index is 11.9. The Balaban J connectivity index is 1.66. The molecule has 0 aliphatic carbocycles. The predicted molar refractivity (Wildman–Crippen MR) is 107 cm³/mol. The number of carbonyl (C=O) groups is 1. The lowest BCUT2D eigenvalue weighted by Crippen LogP contribution is -2.43. The van der Waals surface area contributed by atoms with Crippen LogP contribution in [0.1, 0.15) is 41.3 Å². The van der Waals surface area contributed by atoms with Crippen LogP contribution in [0.15, 0.2) is 39.3 Å². The minimum absolute atomic E-state index is 0.0423. The first kappa shape index (κ1) is 20.0. The van der Waals surface area contributed by atoms with Crippen molar-refractivity contribution in [2.45, 2.75) is 32.6 Å². The van der Waals surface area contributed by atoms with Crippen molar-refractivity contribution in [3.8, 4) is 0 Å². The standard InChI is InChI=1S/C19H28N4O2S/c1-14-8-11-25-16(14)17(24)21-9-6-10-22-18(20-4)23-13-19(2,3)15-7-5-12-26-15/h5,7-8,11-12H,6,9-10,13H2,1-4H3,(H,21,24)(H2,20,22,23). The van der Waals surface area contributed by atoms with Crippen LogP contribution in [0.3, 0.4) is 0 Å². The van der Waals surface area contributed by atoms with Crippen LogP contribution in [0.4, 0.5) is 0 Å². The number of aryl methyl sites for hydroxylation is 1. The highest BCUT2D eigenvalue weighted by Crippen LogP contribution is 2.26. The first-order valence-electron chi connectivity index (χ1n) is 8.75. The highest BCUT2D eigenvalue weighted by molar-refractivity contribution is 7.10. The van der Waals surface area contributed by atoms with Crippen LogP contribution in [0, 0.1) is 6.92 Å². The second-order valence-electron chi connectivity index (χ2n) is 6.76. The van der Waals surface area contributed by atoms with Crippen molar-refractivity contribution in [2.24, 2.45) is 4.99 Å². The summed E-state index contributed by atoms with van der Waals surface area (Å²) in [6, 6.07) is 6.02. The van der Waals surface area contributed by atoms with Crippen LogP contribution in [-0.2, 0) is 5.41 Å². The van der Waals surface area contributed by atoms with Crippen LogP contribution >= 0.6 is 11.3 Å². The fourth-order valence-electron chi connectivity index (χ4n) is 2.46. The molecule has 0 spiro atoms. The minimum Gasteiger partial charge on any atom is -0.459 e. The van der Waals surface area contributed by atoms with Crippen molar-refractivity contribution in [1.29, 1.82) is 0 Å². The van der Waals surface area contributed by atoms with Gasteiger partial charge in [-0.2, -0.15) is 0 Å². The van der Waals surface area contributed by atoms with Gasteiger partial charge in [-0.15, -0.1) is 11.3 Å². The molecule has 2 heterocycles. The van der Waals surface area contributed by atoms with Gasteiger partial charge in [0.2, 0.25) is 0 Å². The fraction of sp³-hybridized carbons (Fsp3) is 0.474. The van der Waals surface area contributed by atoms with E-state index in [9.17, 15) is 4.79 Å². The molecule has 0 fully saturated rings. The summed E-state index contributed by atoms with van der Waals surface area (Å²) in [6.07, 6.45) is 2.32. The van der Waals surface area contributed by atoms with Crippen molar-refractivity contribution in [3.63, 3.8) is 0 Å². The molecule has 3 N–H and O–H groups in total. The Hall–Kier alpha value is -2.28. The summed E-state index contributed by atoms with van der Waals surface area (Å²) in [7, 11) is 1.76. The molecule has 26 heavy (non-hydrogen) atoms. The lowest BCUT2D eigenvalue weighted by atomic mass is 9.91. The average molecular weight is 377 g/mol. The largest absolute Gasteiger partial charge is 0.459 e. The van der Waals surface area contributed by atoms with Crippen LogP contribution < -0.4 is 16.0 Å². The molecule has 2 rings (SSSR count). The second kappa shape index (κ2) is 9.43. The number of nitrogens with one attached hydrogen (secondary N) is 3. The Kier molecular flexibility index (Phi) is 7.26. The van der Waals surface area contributed by atoms with E-state index in [0.717, 1.165) is 31.0 Å². The van der Waals surface area contributed by atoms with E-state index in [1.54, 1.807) is 24.5 Å². The predicted octanol–water partition coefficient (Wildman–Crippen LogP) is 2.91. The fourth-order valence-corrected chi connectivity index (χ4v) is 3.31. The van der Waals surface area contributed by atoms with E-state index in [-0.39, 0.29) is 11.3 Å². The van der Waals surface area contributed by atoms with Gasteiger partial charge in [-0.25, -0.2) is 0 Å². The maximum absolute atomic E-state index is 11.9. The molecule has 1 amide bonds. The van der Waals surface area contributed by atoms with Gasteiger partial charge in [0.05, 0.1) is 6.26 Å². The molecule has 0 aliphatic heterocycles. The smallest absolute Gasteiger partial charge is 0.287 e. The molecule has 7 heteroatoms. The van der Waals surface area contributed by atoms with Crippen molar-refractivity contribution < 1.29 is 9.21 Å². The summed E-state index contributed by atoms with van der Waals surface area (Å²) in [6.45, 7) is 8.37. The Morgan fingerprint density at radius 1 is 1.23 bits per heavy atom. The quantitative estimate of drug-likeness (QED) is 0.376. The molecule has 0 aliphatic rings. The van der Waals surface area contributed by atoms with Crippen molar-refractivity contribution in [2.75, 3.05) is 26.7 Å². The van der Waals surface area contributed by atoms with Crippen LogP contribution in [0.5, 0.6) is 0 Å². The third kappa shape index (κ3) is 5.62. The topological polar surface area (TPSA) is 78.7 Å². The molecule has 0 saturated heterocycles. The van der Waals surface area contributed by atoms with Crippen molar-refractivity contribution >= 4 is 23.2 Å². The van der Waals surface area contributed by atoms with Gasteiger partial charge in [-0.3, -0.25) is 9.79 Å². The van der Waals surface area contributed by atoms with Gasteiger partial charge >= 0.3 is 0 Å². The van der Waals surface area contributed by atoms with E-state index in [1.165, 1.54) is 11.1 Å². The number of guanidine groups is 1. The van der Waals surface area contributed by atoms with Gasteiger partial charge in [0.25, 0.3) is 5.91 Å². The monoisotopic (exact) mass is 376 g/mol. The molecular formula is C19H28N4O2S. The van der Waals surface area contributed by atoms with Crippen molar-refractivity contribution in [3.05, 3.63) is 46.0 Å². The molecule has 142 valence electrons. The number of hydrogen-bond donors (Lipinski definition) is 3. The molecule has 2 aromatic rings. The Morgan fingerprint density at radius 3 is 2.62 bits per heavy atom. The third-order valence-electron chi connectivity index (χ3n) is 4.11. The SMILES string of the molecule is CN=C(NCCCNC(=O)c1occc1C)NCC(C)(C)c1cccs1. The number of furan rings is 1. The van der Waals surface area contributed by atoms with E-state index in [4.69, 9.17) is 4.42 Å². The van der Waals surface area contributed by atoms with E-state index in [2.05, 4.69) is 52.3 Å². The first-order valence-corrected chi connectivity index (χ1v) is 9.63. The number of thiophene rings is 1. The number of carbonyl (C=O) groups excluding carboxylic acids is 1. The summed E-state index contributed by atoms with van der Waals surface area (Å²) in [5.74, 6) is 0.974. The van der Waals surface area contributed by atoms with E-state index < -0.39 is 0 Å². The Morgan fingerprint density at radius 2 is 2.00 bits per heavy atom. The van der Waals surface area contributed by atoms with E-state index in [1.807, 2.05) is 6.92 Å². The second-order valence-corrected chi connectivity index (χ2v) is 7.70. The van der Waals surface area contributed by atoms with E-state index >= 15 is 0 Å². The molecule has 0 unspecified atom stereocenters. The third-order valence-corrected chi connectivity index (χ3v) is 5.35. The van der Waals surface area contributed by atoms with Gasteiger partial charge in [0, 0.05) is 42.5 Å². The summed E-state index contributed by atoms with van der Waals surface area (Å²) >= 11 is 1.77. The summed E-state index contributed by atoms with van der Waals surface area (Å²) in [5.41, 5.74) is 0.888. The number of rotatable bonds is 8. The van der Waals surface area contributed by atoms with Gasteiger partial charge in [-0.05, 0) is 30.9 Å². The molecular weight excluding hydrogens is 348 g/mol. The molecule has 0 radical (unpaired) electrons. The lowest BCUT2D eigenvalue weighted by Gasteiger charge is -2.25. The normalized spacial score (nSPS) is 12.1. The number of aliphatic imine (C=N–C) groups is 1. The molecule has 0 aromatic carbocycles. The molecule has 0 atom stereocenters.